The summed E-state index contributed by atoms with van der Waals surface area (Å²) in [6.45, 7) is 15.8. The van der Waals surface area contributed by atoms with Crippen molar-refractivity contribution in [3.8, 4) is 50.8 Å². The summed E-state index contributed by atoms with van der Waals surface area (Å²) in [5, 5.41) is 2.25. The molecule has 0 amide bonds. The van der Waals surface area contributed by atoms with Gasteiger partial charge in [0, 0.05) is 49.0 Å². The van der Waals surface area contributed by atoms with Crippen LogP contribution in [0.15, 0.2) is 150 Å². The van der Waals surface area contributed by atoms with Crippen molar-refractivity contribution in [2.45, 2.75) is 59.2 Å². The second-order valence-electron chi connectivity index (χ2n) is 16.8. The molecule has 1 radical (unpaired) electrons. The van der Waals surface area contributed by atoms with Crippen LogP contribution in [-0.4, -0.2) is 22.6 Å². The third-order valence-electron chi connectivity index (χ3n) is 10.8. The Morgan fingerprint density at radius 2 is 1.34 bits per heavy atom. The number of para-hydroxylation sites is 3. The van der Waals surface area contributed by atoms with Crippen LogP contribution in [0.5, 0.6) is 0 Å². The fraction of sp³-hybridized carbons (Fsp3) is 0.170. The molecular formula is C53H47F2IrN3OSi-2. The van der Waals surface area contributed by atoms with E-state index in [0.29, 0.717) is 16.9 Å². The number of nitrogens with zero attached hydrogens (tertiary/aromatic N) is 3. The number of hydrogen-bond acceptors (Lipinski definition) is 3. The molecule has 0 aliphatic rings. The molecule has 0 unspecified atom stereocenters. The number of pyridine rings is 1. The summed E-state index contributed by atoms with van der Waals surface area (Å²) in [6, 6.07) is 50.8. The molecule has 61 heavy (non-hydrogen) atoms. The van der Waals surface area contributed by atoms with Crippen molar-refractivity contribution >= 4 is 35.3 Å². The molecule has 0 N–H and O–H groups in total. The van der Waals surface area contributed by atoms with E-state index < -0.39 is 8.07 Å². The Morgan fingerprint density at radius 3 is 1.98 bits per heavy atom. The number of hydrogen-bond donors (Lipinski definition) is 0. The maximum absolute atomic E-state index is 15.4. The molecule has 0 aliphatic carbocycles. The van der Waals surface area contributed by atoms with Crippen LogP contribution in [0.2, 0.25) is 19.6 Å². The number of imidazole rings is 1. The van der Waals surface area contributed by atoms with Crippen LogP contribution in [0.1, 0.15) is 50.7 Å². The van der Waals surface area contributed by atoms with Gasteiger partial charge in [-0.1, -0.05) is 120 Å². The number of aromatic nitrogens is 3. The van der Waals surface area contributed by atoms with E-state index in [4.69, 9.17) is 9.40 Å². The van der Waals surface area contributed by atoms with Crippen molar-refractivity contribution in [3.63, 3.8) is 0 Å². The summed E-state index contributed by atoms with van der Waals surface area (Å²) in [7, 11) is -1.30. The van der Waals surface area contributed by atoms with Crippen LogP contribution >= 0.6 is 0 Å². The predicted molar refractivity (Wildman–Crippen MR) is 246 cm³/mol. The zero-order chi connectivity index (χ0) is 42.1. The van der Waals surface area contributed by atoms with Crippen molar-refractivity contribution in [1.82, 2.24) is 14.5 Å². The van der Waals surface area contributed by atoms with E-state index in [9.17, 15) is 4.39 Å². The maximum atomic E-state index is 15.4. The minimum absolute atomic E-state index is 0. The minimum atomic E-state index is -1.30. The monoisotopic (exact) mass is 1000 g/mol. The number of rotatable bonds is 8. The Bertz CT molecular complexity index is 2870. The average Bonchev–Trinajstić information content (AvgIpc) is 3.86. The van der Waals surface area contributed by atoms with Gasteiger partial charge in [-0.05, 0) is 86.9 Å². The van der Waals surface area contributed by atoms with Gasteiger partial charge in [-0.2, -0.15) is 0 Å². The maximum Gasteiger partial charge on any atom is 0.134 e. The first-order valence-corrected chi connectivity index (χ1v) is 23.9. The molecule has 4 nitrogen and oxygen atoms in total. The van der Waals surface area contributed by atoms with Crippen molar-refractivity contribution < 1.29 is 33.3 Å². The molecule has 0 atom stereocenters. The van der Waals surface area contributed by atoms with Crippen molar-refractivity contribution in [1.29, 1.82) is 0 Å². The molecule has 0 fully saturated rings. The first kappa shape index (κ1) is 43.3. The van der Waals surface area contributed by atoms with Gasteiger partial charge in [-0.25, -0.2) is 0 Å². The van der Waals surface area contributed by atoms with Gasteiger partial charge in [-0.15, -0.1) is 53.6 Å². The predicted octanol–water partition coefficient (Wildman–Crippen LogP) is 14.2. The number of fused-ring (bicyclic) bond motifs is 2. The molecule has 9 aromatic rings. The SMILES string of the molecule is CC(C)c1cc(-c2ccccc2)cc(C(C)C)c1-n1c(-c2[c-]cc(F)c(-c3cc4ccccc4o3)c2)nc2ccccc21.C[Si](C)(C)c1ccc(-c2[c-]cc(F)cc2)nc1.[Ir]. The van der Waals surface area contributed by atoms with Gasteiger partial charge >= 0.3 is 0 Å². The van der Waals surface area contributed by atoms with Gasteiger partial charge in [0.25, 0.3) is 0 Å². The average molecular weight is 1000 g/mol. The zero-order valence-corrected chi connectivity index (χ0v) is 38.7. The normalized spacial score (nSPS) is 11.5. The van der Waals surface area contributed by atoms with Gasteiger partial charge in [0.05, 0.1) is 24.9 Å². The summed E-state index contributed by atoms with van der Waals surface area (Å²) < 4.78 is 36.5. The number of furan rings is 1. The summed E-state index contributed by atoms with van der Waals surface area (Å²) in [5.74, 6) is 1.03. The van der Waals surface area contributed by atoms with Crippen molar-refractivity contribution in [3.05, 3.63) is 181 Å². The molecule has 309 valence electrons. The van der Waals surface area contributed by atoms with Crippen molar-refractivity contribution in [2.75, 3.05) is 0 Å². The summed E-state index contributed by atoms with van der Waals surface area (Å²) >= 11 is 0. The topological polar surface area (TPSA) is 43.9 Å². The molecule has 3 heterocycles. The van der Waals surface area contributed by atoms with Gasteiger partial charge in [-0.3, -0.25) is 13.8 Å². The van der Waals surface area contributed by atoms with Crippen LogP contribution in [0, 0.1) is 23.8 Å². The minimum Gasteiger partial charge on any atom is -0.458 e. The standard InChI is InChI=1S/C39H32FN2O.C14H15FNSi.Ir/c1-24(2)30-21-29(26-12-6-5-7-13-26)22-31(25(3)4)38(30)42-35-16-10-9-15-34(35)41-39(42)28-18-19-33(40)32(20-28)37-23-27-14-8-11-17-36(27)43-37;1-17(2,3)13-8-9-14(16-10-13)11-4-6-12(15)7-5-11;/h5-17,19-25H,1-4H3;4,6-10H,1-3H3;/q2*-1;. The first-order valence-electron chi connectivity index (χ1n) is 20.4. The van der Waals surface area contributed by atoms with Gasteiger partial charge < -0.3 is 14.0 Å². The molecule has 0 bridgehead atoms. The third kappa shape index (κ3) is 9.13. The van der Waals surface area contributed by atoms with E-state index in [2.05, 4.69) is 118 Å². The summed E-state index contributed by atoms with van der Waals surface area (Å²) in [4.78, 5) is 9.55. The van der Waals surface area contributed by atoms with Crippen molar-refractivity contribution in [2.24, 2.45) is 0 Å². The van der Waals surface area contributed by atoms with Gasteiger partial charge in [0.15, 0.2) is 0 Å². The fourth-order valence-corrected chi connectivity index (χ4v) is 8.55. The molecule has 0 saturated heterocycles. The Hall–Kier alpha value is -5.79. The second-order valence-corrected chi connectivity index (χ2v) is 21.9. The third-order valence-corrected chi connectivity index (χ3v) is 12.8. The zero-order valence-electron chi connectivity index (χ0n) is 35.4. The van der Waals surface area contributed by atoms with Gasteiger partial charge in [0.1, 0.15) is 11.3 Å². The molecule has 8 heteroatoms. The largest absolute Gasteiger partial charge is 0.458 e. The molecular weight excluding hydrogens is 953 g/mol. The quantitative estimate of drug-likeness (QED) is 0.113. The smallest absolute Gasteiger partial charge is 0.134 e. The van der Waals surface area contributed by atoms with Crippen LogP contribution in [0.3, 0.4) is 0 Å². The fourth-order valence-electron chi connectivity index (χ4n) is 7.52. The first-order chi connectivity index (χ1) is 28.9. The van der Waals surface area contributed by atoms with E-state index in [1.54, 1.807) is 6.07 Å². The van der Waals surface area contributed by atoms with Gasteiger partial charge in [0.2, 0.25) is 0 Å². The van der Waals surface area contributed by atoms with Crippen LogP contribution in [0.25, 0.3) is 72.8 Å². The van der Waals surface area contributed by atoms with E-state index in [1.807, 2.05) is 72.9 Å². The Kier molecular flexibility index (Phi) is 12.8. The second kappa shape index (κ2) is 18.0. The molecule has 6 aromatic carbocycles. The number of halogens is 2. The number of benzene rings is 6. The van der Waals surface area contributed by atoms with E-state index in [-0.39, 0.29) is 43.6 Å². The molecule has 9 rings (SSSR count). The Morgan fingerprint density at radius 1 is 0.672 bits per heavy atom. The molecule has 0 saturated carbocycles. The van der Waals surface area contributed by atoms with E-state index in [0.717, 1.165) is 44.8 Å². The summed E-state index contributed by atoms with van der Waals surface area (Å²) in [5.41, 5.74) is 11.3. The Labute approximate surface area is 371 Å². The van der Waals surface area contributed by atoms with Crippen LogP contribution in [0.4, 0.5) is 8.78 Å². The molecule has 0 spiro atoms. The van der Waals surface area contributed by atoms with Crippen LogP contribution in [-0.2, 0) is 20.1 Å². The molecule has 3 aromatic heterocycles. The Balaban J connectivity index is 0.000000262. The molecule has 0 aliphatic heterocycles. The van der Waals surface area contributed by atoms with E-state index in [1.165, 1.54) is 45.6 Å². The summed E-state index contributed by atoms with van der Waals surface area (Å²) in [6.07, 6.45) is 1.93. The van der Waals surface area contributed by atoms with E-state index >= 15 is 4.39 Å². The van der Waals surface area contributed by atoms with Crippen LogP contribution < -0.4 is 5.19 Å².